The number of ether oxygens (including phenoxy) is 1. The van der Waals surface area contributed by atoms with Gasteiger partial charge in [0.05, 0.1) is 11.1 Å². The summed E-state index contributed by atoms with van der Waals surface area (Å²) in [6.45, 7) is 3.30. The van der Waals surface area contributed by atoms with Crippen molar-refractivity contribution in [3.05, 3.63) is 64.7 Å². The number of rotatable bonds is 8. The molecule has 1 heterocycles. The number of hydrogen-bond donors (Lipinski definition) is 2. The zero-order valence-electron chi connectivity index (χ0n) is 16.7. The van der Waals surface area contributed by atoms with Gasteiger partial charge in [0.25, 0.3) is 11.8 Å². The highest BCUT2D eigenvalue weighted by atomic mass is 16.5. The first-order valence-electron chi connectivity index (χ1n) is 9.59. The van der Waals surface area contributed by atoms with E-state index in [1.165, 1.54) is 10.5 Å². The molecule has 0 bridgehead atoms. The van der Waals surface area contributed by atoms with E-state index < -0.39 is 0 Å². The van der Waals surface area contributed by atoms with Crippen LogP contribution in [0.15, 0.2) is 42.5 Å². The Morgan fingerprint density at radius 3 is 2.48 bits per heavy atom. The highest BCUT2D eigenvalue weighted by Gasteiger charge is 2.35. The Morgan fingerprint density at radius 2 is 1.76 bits per heavy atom. The van der Waals surface area contributed by atoms with Gasteiger partial charge in [0.1, 0.15) is 0 Å². The lowest BCUT2D eigenvalue weighted by Crippen LogP contribution is -2.31. The molecule has 4 amide bonds. The number of carbonyl (C=O) groups excluding carboxylic acids is 3. The van der Waals surface area contributed by atoms with Crippen LogP contribution in [0, 0.1) is 6.92 Å². The molecule has 2 N–H and O–H groups in total. The van der Waals surface area contributed by atoms with Crippen molar-refractivity contribution in [3.63, 3.8) is 0 Å². The molecule has 0 aromatic heterocycles. The van der Waals surface area contributed by atoms with Crippen molar-refractivity contribution in [1.82, 2.24) is 10.2 Å². The average molecular weight is 395 g/mol. The van der Waals surface area contributed by atoms with Crippen LogP contribution in [-0.2, 0) is 11.2 Å². The number of methoxy groups -OCH3 is 1. The van der Waals surface area contributed by atoms with E-state index in [4.69, 9.17) is 4.74 Å². The summed E-state index contributed by atoms with van der Waals surface area (Å²) >= 11 is 0. The summed E-state index contributed by atoms with van der Waals surface area (Å²) in [6, 6.07) is 12.5. The van der Waals surface area contributed by atoms with Gasteiger partial charge in [-0.05, 0) is 43.5 Å². The van der Waals surface area contributed by atoms with Gasteiger partial charge in [-0.1, -0.05) is 29.8 Å². The van der Waals surface area contributed by atoms with Crippen molar-refractivity contribution < 1.29 is 19.1 Å². The first kappa shape index (κ1) is 20.5. The number of nitrogens with one attached hydrogen (secondary N) is 2. The predicted octanol–water partition coefficient (Wildman–Crippen LogP) is 2.99. The fourth-order valence-electron chi connectivity index (χ4n) is 3.19. The van der Waals surface area contributed by atoms with Crippen molar-refractivity contribution >= 4 is 23.5 Å². The molecule has 1 aliphatic heterocycles. The maximum Gasteiger partial charge on any atom is 0.319 e. The van der Waals surface area contributed by atoms with E-state index in [0.29, 0.717) is 42.9 Å². The highest BCUT2D eigenvalue weighted by molar-refractivity contribution is 6.21. The van der Waals surface area contributed by atoms with Gasteiger partial charge in [-0.2, -0.15) is 0 Å². The van der Waals surface area contributed by atoms with Gasteiger partial charge in [-0.3, -0.25) is 14.5 Å². The first-order chi connectivity index (χ1) is 14.0. The molecule has 0 atom stereocenters. The number of anilines is 1. The SMILES string of the molecule is COCCCN1C(=O)c2ccc(NC(=O)NCCc3ccc(C)cc3)cc2C1=O. The third kappa shape index (κ3) is 5.00. The maximum absolute atomic E-state index is 12.5. The number of urea groups is 1. The quantitative estimate of drug-likeness (QED) is 0.531. The van der Waals surface area contributed by atoms with Gasteiger partial charge in [-0.25, -0.2) is 4.79 Å². The summed E-state index contributed by atoms with van der Waals surface area (Å²) in [5, 5.41) is 5.52. The Hall–Kier alpha value is -3.19. The molecule has 0 spiro atoms. The Labute approximate surface area is 170 Å². The molecule has 0 radical (unpaired) electrons. The summed E-state index contributed by atoms with van der Waals surface area (Å²) < 4.78 is 4.97. The topological polar surface area (TPSA) is 87.7 Å². The fraction of sp³-hybridized carbons (Fsp3) is 0.318. The van der Waals surface area contributed by atoms with Gasteiger partial charge >= 0.3 is 6.03 Å². The summed E-state index contributed by atoms with van der Waals surface area (Å²) in [4.78, 5) is 38.3. The number of hydrogen-bond acceptors (Lipinski definition) is 4. The van der Waals surface area contributed by atoms with Crippen LogP contribution in [0.4, 0.5) is 10.5 Å². The molecule has 2 aromatic carbocycles. The number of carbonyl (C=O) groups is 3. The van der Waals surface area contributed by atoms with Crippen LogP contribution in [0.5, 0.6) is 0 Å². The van der Waals surface area contributed by atoms with Gasteiger partial charge in [0, 0.05) is 32.5 Å². The molecular formula is C22H25N3O4. The summed E-state index contributed by atoms with van der Waals surface area (Å²) in [5.41, 5.74) is 3.48. The monoisotopic (exact) mass is 395 g/mol. The Balaban J connectivity index is 1.55. The van der Waals surface area contributed by atoms with Crippen LogP contribution in [0.3, 0.4) is 0 Å². The molecular weight excluding hydrogens is 370 g/mol. The highest BCUT2D eigenvalue weighted by Crippen LogP contribution is 2.26. The zero-order valence-corrected chi connectivity index (χ0v) is 16.7. The summed E-state index contributed by atoms with van der Waals surface area (Å²) in [5.74, 6) is -0.653. The molecule has 0 fully saturated rings. The number of amides is 4. The molecule has 0 saturated carbocycles. The predicted molar refractivity (Wildman–Crippen MR) is 110 cm³/mol. The second kappa shape index (κ2) is 9.34. The van der Waals surface area contributed by atoms with Crippen LogP contribution < -0.4 is 10.6 Å². The number of aryl methyl sites for hydroxylation is 1. The molecule has 3 rings (SSSR count). The maximum atomic E-state index is 12.5. The number of imide groups is 1. The minimum absolute atomic E-state index is 0.308. The average Bonchev–Trinajstić information content (AvgIpc) is 2.94. The van der Waals surface area contributed by atoms with E-state index in [0.717, 1.165) is 12.0 Å². The van der Waals surface area contributed by atoms with Crippen molar-refractivity contribution in [2.24, 2.45) is 0 Å². The molecule has 0 saturated heterocycles. The van der Waals surface area contributed by atoms with Gasteiger partial charge < -0.3 is 15.4 Å². The molecule has 29 heavy (non-hydrogen) atoms. The smallest absolute Gasteiger partial charge is 0.319 e. The Bertz CT molecular complexity index is 909. The van der Waals surface area contributed by atoms with E-state index in [1.807, 2.05) is 31.2 Å². The van der Waals surface area contributed by atoms with Gasteiger partial charge in [0.15, 0.2) is 0 Å². The molecule has 0 unspecified atom stereocenters. The minimum Gasteiger partial charge on any atom is -0.385 e. The van der Waals surface area contributed by atoms with Crippen molar-refractivity contribution in [2.75, 3.05) is 32.1 Å². The normalized spacial score (nSPS) is 12.8. The largest absolute Gasteiger partial charge is 0.385 e. The van der Waals surface area contributed by atoms with Crippen LogP contribution in [0.2, 0.25) is 0 Å². The lowest BCUT2D eigenvalue weighted by Gasteiger charge is -2.12. The van der Waals surface area contributed by atoms with Crippen LogP contribution >= 0.6 is 0 Å². The summed E-state index contributed by atoms with van der Waals surface area (Å²) in [7, 11) is 1.58. The lowest BCUT2D eigenvalue weighted by atomic mass is 10.1. The van der Waals surface area contributed by atoms with E-state index in [1.54, 1.807) is 25.3 Å². The van der Waals surface area contributed by atoms with E-state index >= 15 is 0 Å². The number of fused-ring (bicyclic) bond motifs is 1. The molecule has 7 heteroatoms. The van der Waals surface area contributed by atoms with E-state index in [-0.39, 0.29) is 17.8 Å². The standard InChI is InChI=1S/C22H25N3O4/c1-15-4-6-16(7-5-15)10-11-23-22(28)24-17-8-9-18-19(14-17)21(27)25(20(18)26)12-3-13-29-2/h4-9,14H,3,10-13H2,1-2H3,(H2,23,24,28). The van der Waals surface area contributed by atoms with Gasteiger partial charge in [-0.15, -0.1) is 0 Å². The first-order valence-corrected chi connectivity index (χ1v) is 9.59. The van der Waals surface area contributed by atoms with Crippen LogP contribution in [-0.4, -0.2) is 49.6 Å². The second-order valence-corrected chi connectivity index (χ2v) is 6.99. The third-order valence-corrected chi connectivity index (χ3v) is 4.78. The van der Waals surface area contributed by atoms with E-state index in [2.05, 4.69) is 10.6 Å². The molecule has 0 aliphatic carbocycles. The van der Waals surface area contributed by atoms with Crippen molar-refractivity contribution in [3.8, 4) is 0 Å². The number of benzene rings is 2. The third-order valence-electron chi connectivity index (χ3n) is 4.78. The van der Waals surface area contributed by atoms with Gasteiger partial charge in [0.2, 0.25) is 0 Å². The zero-order chi connectivity index (χ0) is 20.8. The molecule has 2 aromatic rings. The van der Waals surface area contributed by atoms with Crippen LogP contribution in [0.25, 0.3) is 0 Å². The second-order valence-electron chi connectivity index (χ2n) is 6.99. The molecule has 7 nitrogen and oxygen atoms in total. The molecule has 1 aliphatic rings. The lowest BCUT2D eigenvalue weighted by molar-refractivity contribution is 0.0638. The van der Waals surface area contributed by atoms with E-state index in [9.17, 15) is 14.4 Å². The Kier molecular flexibility index (Phi) is 6.61. The van der Waals surface area contributed by atoms with Crippen molar-refractivity contribution in [1.29, 1.82) is 0 Å². The summed E-state index contributed by atoms with van der Waals surface area (Å²) in [6.07, 6.45) is 1.30. The Morgan fingerprint density at radius 1 is 1.03 bits per heavy atom. The fourth-order valence-corrected chi connectivity index (χ4v) is 3.19. The minimum atomic E-state index is -0.356. The number of nitrogens with zero attached hydrogens (tertiary/aromatic N) is 1. The van der Waals surface area contributed by atoms with Crippen molar-refractivity contribution in [2.45, 2.75) is 19.8 Å². The van der Waals surface area contributed by atoms with Crippen LogP contribution in [0.1, 0.15) is 38.3 Å². The molecule has 152 valence electrons.